The Morgan fingerprint density at radius 3 is 2.55 bits per heavy atom. The van der Waals surface area contributed by atoms with Crippen LogP contribution in [0.4, 0.5) is 0 Å². The summed E-state index contributed by atoms with van der Waals surface area (Å²) in [5.74, 6) is -1.39. The minimum absolute atomic E-state index is 0.127. The lowest BCUT2D eigenvalue weighted by Gasteiger charge is -2.14. The van der Waals surface area contributed by atoms with Crippen molar-refractivity contribution in [3.63, 3.8) is 0 Å². The Labute approximate surface area is 117 Å². The van der Waals surface area contributed by atoms with Crippen molar-refractivity contribution in [3.05, 3.63) is 17.0 Å². The van der Waals surface area contributed by atoms with Gasteiger partial charge in [-0.05, 0) is 13.8 Å². The summed E-state index contributed by atoms with van der Waals surface area (Å²) in [6.07, 6.45) is 0.366. The molecule has 7 nitrogen and oxygen atoms in total. The van der Waals surface area contributed by atoms with Crippen LogP contribution in [0.25, 0.3) is 0 Å². The van der Waals surface area contributed by atoms with Crippen molar-refractivity contribution in [3.8, 4) is 0 Å². The maximum atomic E-state index is 12.0. The number of carboxylic acid groups (broad SMARTS) is 1. The van der Waals surface area contributed by atoms with Gasteiger partial charge in [-0.15, -0.1) is 0 Å². The Hall–Kier alpha value is -1.89. The summed E-state index contributed by atoms with van der Waals surface area (Å²) in [6, 6.07) is -0.931. The minimum atomic E-state index is -1.06. The van der Waals surface area contributed by atoms with E-state index in [2.05, 4.69) is 10.4 Å². The monoisotopic (exact) mass is 283 g/mol. The number of carboxylic acids is 1. The second kappa shape index (κ2) is 7.04. The van der Waals surface area contributed by atoms with Gasteiger partial charge < -0.3 is 15.2 Å². The number of hydrogen-bond donors (Lipinski definition) is 2. The maximum absolute atomic E-state index is 12.0. The highest BCUT2D eigenvalue weighted by Crippen LogP contribution is 2.12. The molecule has 1 unspecified atom stereocenters. The lowest BCUT2D eigenvalue weighted by Crippen LogP contribution is -2.42. The predicted molar refractivity (Wildman–Crippen MR) is 72.4 cm³/mol. The van der Waals surface area contributed by atoms with Gasteiger partial charge in [0.15, 0.2) is 0 Å². The predicted octanol–water partition coefficient (Wildman–Crippen LogP) is 0.185. The summed E-state index contributed by atoms with van der Waals surface area (Å²) in [6.45, 7) is 3.99. The summed E-state index contributed by atoms with van der Waals surface area (Å²) in [5, 5.41) is 15.8. The van der Waals surface area contributed by atoms with Gasteiger partial charge >= 0.3 is 5.97 Å². The number of amides is 1. The number of nitrogens with zero attached hydrogens (tertiary/aromatic N) is 2. The van der Waals surface area contributed by atoms with Crippen molar-refractivity contribution in [2.24, 2.45) is 7.05 Å². The van der Waals surface area contributed by atoms with Gasteiger partial charge in [-0.25, -0.2) is 4.79 Å². The van der Waals surface area contributed by atoms with Crippen LogP contribution in [0.5, 0.6) is 0 Å². The molecule has 0 aromatic carbocycles. The van der Waals surface area contributed by atoms with E-state index in [0.29, 0.717) is 0 Å². The van der Waals surface area contributed by atoms with Crippen LogP contribution < -0.4 is 5.32 Å². The van der Waals surface area contributed by atoms with E-state index >= 15 is 0 Å². The molecule has 0 saturated carbocycles. The zero-order valence-corrected chi connectivity index (χ0v) is 12.3. The van der Waals surface area contributed by atoms with E-state index in [4.69, 9.17) is 9.84 Å². The van der Waals surface area contributed by atoms with Crippen LogP contribution in [0, 0.1) is 13.8 Å². The summed E-state index contributed by atoms with van der Waals surface area (Å²) in [5.41, 5.74) is 2.52. The van der Waals surface area contributed by atoms with Crippen LogP contribution in [0.2, 0.25) is 0 Å². The Bertz CT molecular complexity index is 496. The van der Waals surface area contributed by atoms with Gasteiger partial charge in [0.2, 0.25) is 5.91 Å². The summed E-state index contributed by atoms with van der Waals surface area (Å²) in [7, 11) is 3.30. The third-order valence-corrected chi connectivity index (χ3v) is 3.24. The number of rotatable bonds is 7. The van der Waals surface area contributed by atoms with Crippen LogP contribution in [0.15, 0.2) is 0 Å². The van der Waals surface area contributed by atoms with Gasteiger partial charge in [0, 0.05) is 38.4 Å². The van der Waals surface area contributed by atoms with E-state index in [0.717, 1.165) is 17.0 Å². The number of aryl methyl sites for hydroxylation is 2. The molecule has 1 amide bonds. The highest BCUT2D eigenvalue weighted by Gasteiger charge is 2.21. The summed E-state index contributed by atoms with van der Waals surface area (Å²) < 4.78 is 6.54. The molecule has 0 fully saturated rings. The van der Waals surface area contributed by atoms with Crippen molar-refractivity contribution in [2.75, 3.05) is 13.7 Å². The number of carbonyl (C=O) groups is 2. The third-order valence-electron chi connectivity index (χ3n) is 3.24. The molecule has 1 heterocycles. The Balaban J connectivity index is 2.68. The van der Waals surface area contributed by atoms with E-state index < -0.39 is 12.0 Å². The first-order valence-corrected chi connectivity index (χ1v) is 6.37. The number of carbonyl (C=O) groups excluding carboxylic acids is 1. The lowest BCUT2D eigenvalue weighted by molar-refractivity contribution is -0.142. The van der Waals surface area contributed by atoms with E-state index in [9.17, 15) is 9.59 Å². The van der Waals surface area contributed by atoms with Crippen molar-refractivity contribution in [1.82, 2.24) is 15.1 Å². The first-order valence-electron chi connectivity index (χ1n) is 6.37. The van der Waals surface area contributed by atoms with Crippen molar-refractivity contribution >= 4 is 11.9 Å². The molecule has 2 N–H and O–H groups in total. The quantitative estimate of drug-likeness (QED) is 0.745. The van der Waals surface area contributed by atoms with Crippen molar-refractivity contribution in [1.29, 1.82) is 0 Å². The van der Waals surface area contributed by atoms with Crippen molar-refractivity contribution < 1.29 is 19.4 Å². The highest BCUT2D eigenvalue weighted by molar-refractivity contribution is 5.85. The van der Waals surface area contributed by atoms with Crippen LogP contribution in [0.3, 0.4) is 0 Å². The van der Waals surface area contributed by atoms with Crippen molar-refractivity contribution in [2.45, 2.75) is 32.7 Å². The molecule has 0 bridgehead atoms. The molecule has 112 valence electrons. The molecular weight excluding hydrogens is 262 g/mol. The molecule has 1 atom stereocenters. The molecule has 1 aromatic rings. The second-order valence-corrected chi connectivity index (χ2v) is 4.69. The second-order valence-electron chi connectivity index (χ2n) is 4.69. The lowest BCUT2D eigenvalue weighted by atomic mass is 10.1. The first-order chi connectivity index (χ1) is 9.36. The largest absolute Gasteiger partial charge is 0.480 e. The molecule has 0 aliphatic carbocycles. The number of nitrogens with one attached hydrogen (secondary N) is 1. The molecule has 7 heteroatoms. The zero-order chi connectivity index (χ0) is 15.3. The Morgan fingerprint density at radius 1 is 1.45 bits per heavy atom. The van der Waals surface area contributed by atoms with Gasteiger partial charge in [-0.3, -0.25) is 9.48 Å². The normalized spacial score (nSPS) is 12.2. The fourth-order valence-corrected chi connectivity index (χ4v) is 1.97. The third kappa shape index (κ3) is 4.06. The van der Waals surface area contributed by atoms with Gasteiger partial charge in [-0.1, -0.05) is 0 Å². The van der Waals surface area contributed by atoms with Gasteiger partial charge in [0.25, 0.3) is 0 Å². The Morgan fingerprint density at radius 2 is 2.10 bits per heavy atom. The van der Waals surface area contributed by atoms with Crippen LogP contribution in [-0.4, -0.2) is 46.5 Å². The van der Waals surface area contributed by atoms with E-state index in [1.165, 1.54) is 7.11 Å². The first kappa shape index (κ1) is 16.2. The SMILES string of the molecule is COCCC(NC(=O)Cc1c(C)nn(C)c1C)C(=O)O. The molecule has 1 aromatic heterocycles. The van der Waals surface area contributed by atoms with Gasteiger partial charge in [-0.2, -0.15) is 5.10 Å². The smallest absolute Gasteiger partial charge is 0.326 e. The summed E-state index contributed by atoms with van der Waals surface area (Å²) in [4.78, 5) is 23.0. The maximum Gasteiger partial charge on any atom is 0.326 e. The zero-order valence-electron chi connectivity index (χ0n) is 12.3. The fourth-order valence-electron chi connectivity index (χ4n) is 1.97. The average Bonchev–Trinajstić information content (AvgIpc) is 2.61. The molecule has 0 radical (unpaired) electrons. The van der Waals surface area contributed by atoms with E-state index in [-0.39, 0.29) is 25.4 Å². The number of hydrogen-bond acceptors (Lipinski definition) is 4. The number of aliphatic carboxylic acids is 1. The molecule has 1 rings (SSSR count). The summed E-state index contributed by atoms with van der Waals surface area (Å²) >= 11 is 0. The highest BCUT2D eigenvalue weighted by atomic mass is 16.5. The van der Waals surface area contributed by atoms with Crippen LogP contribution in [-0.2, 0) is 27.8 Å². The van der Waals surface area contributed by atoms with Gasteiger partial charge in [0.1, 0.15) is 6.04 Å². The van der Waals surface area contributed by atoms with Crippen LogP contribution in [0.1, 0.15) is 23.4 Å². The number of methoxy groups -OCH3 is 1. The number of aromatic nitrogens is 2. The van der Waals surface area contributed by atoms with E-state index in [1.807, 2.05) is 20.9 Å². The van der Waals surface area contributed by atoms with E-state index in [1.54, 1.807) is 4.68 Å². The number of ether oxygens (including phenoxy) is 1. The Kier molecular flexibility index (Phi) is 5.69. The van der Waals surface area contributed by atoms with Crippen LogP contribution >= 0.6 is 0 Å². The molecule has 0 saturated heterocycles. The average molecular weight is 283 g/mol. The topological polar surface area (TPSA) is 93.5 Å². The standard InChI is InChI=1S/C13H21N3O4/c1-8-10(9(2)16(3)15-8)7-12(17)14-11(13(18)19)5-6-20-4/h11H,5-7H2,1-4H3,(H,14,17)(H,18,19). The fraction of sp³-hybridized carbons (Fsp3) is 0.615. The molecular formula is C13H21N3O4. The molecule has 0 aliphatic rings. The molecule has 0 aliphatic heterocycles. The minimum Gasteiger partial charge on any atom is -0.480 e. The van der Waals surface area contributed by atoms with Gasteiger partial charge in [0.05, 0.1) is 12.1 Å². The molecule has 0 spiro atoms. The molecule has 20 heavy (non-hydrogen) atoms.